The first-order chi connectivity index (χ1) is 17.0. The van der Waals surface area contributed by atoms with Crippen molar-refractivity contribution in [2.45, 2.75) is 77.2 Å². The summed E-state index contributed by atoms with van der Waals surface area (Å²) in [6.07, 6.45) is 6.26. The van der Waals surface area contributed by atoms with E-state index in [-0.39, 0.29) is 12.2 Å². The van der Waals surface area contributed by atoms with E-state index >= 15 is 0 Å². The first-order valence-corrected chi connectivity index (χ1v) is 13.0. The number of carbonyl (C=O) groups is 1. The number of ether oxygens (including phenoxy) is 2. The number of unbranched alkanes of at least 4 members (excludes halogenated alkanes) is 1. The van der Waals surface area contributed by atoms with Crippen LogP contribution in [0.5, 0.6) is 0 Å². The maximum absolute atomic E-state index is 12.3. The molecule has 4 rings (SSSR count). The first-order valence-electron chi connectivity index (χ1n) is 13.0. The summed E-state index contributed by atoms with van der Waals surface area (Å²) in [7, 11) is 0. The van der Waals surface area contributed by atoms with Crippen LogP contribution in [-0.2, 0) is 33.7 Å². The van der Waals surface area contributed by atoms with Crippen LogP contribution in [0.15, 0.2) is 36.4 Å². The predicted molar refractivity (Wildman–Crippen MR) is 137 cm³/mol. The van der Waals surface area contributed by atoms with Crippen molar-refractivity contribution >= 4 is 11.8 Å². The average molecular weight is 482 g/mol. The van der Waals surface area contributed by atoms with Crippen LogP contribution in [0.3, 0.4) is 0 Å². The van der Waals surface area contributed by atoms with Crippen LogP contribution in [0.4, 0.5) is 5.82 Å². The molecule has 0 spiro atoms. The fourth-order valence-corrected chi connectivity index (χ4v) is 4.97. The molecule has 2 aliphatic heterocycles. The molecule has 1 aromatic heterocycles. The number of fused-ring (bicyclic) bond motifs is 1. The quantitative estimate of drug-likeness (QED) is 0.429. The molecule has 3 heterocycles. The minimum Gasteiger partial charge on any atom is -0.480 e. The van der Waals surface area contributed by atoms with Crippen LogP contribution in [0, 0.1) is 0 Å². The average Bonchev–Trinajstić information content (AvgIpc) is 3.31. The Balaban J connectivity index is 1.24. The number of hydrogen-bond acceptors (Lipinski definition) is 6. The standard InChI is InChI=1S/C28H39N3O4/c1-20(2)35-19-22-8-3-4-11-25(22)26(28(32)33)31-16-14-24(18-31)34-17-6-5-10-23-13-12-21-9-7-15-29-27(21)30-23/h3-4,8,11-13,20,24,26H,5-7,9-10,14-19H2,1-2H3,(H,29,30)(H,32,33)/t24-,26+/m1/s1. The van der Waals surface area contributed by atoms with Gasteiger partial charge in [-0.1, -0.05) is 30.3 Å². The van der Waals surface area contributed by atoms with E-state index < -0.39 is 12.0 Å². The Hall–Kier alpha value is -2.48. The molecule has 0 radical (unpaired) electrons. The summed E-state index contributed by atoms with van der Waals surface area (Å²) in [6, 6.07) is 11.4. The fourth-order valence-electron chi connectivity index (χ4n) is 4.97. The Labute approximate surface area is 208 Å². The molecule has 2 atom stereocenters. The van der Waals surface area contributed by atoms with Crippen molar-refractivity contribution in [3.63, 3.8) is 0 Å². The van der Waals surface area contributed by atoms with E-state index in [1.807, 2.05) is 43.0 Å². The summed E-state index contributed by atoms with van der Waals surface area (Å²) in [4.78, 5) is 19.1. The number of carboxylic acid groups (broad SMARTS) is 1. The number of rotatable bonds is 12. The van der Waals surface area contributed by atoms with Crippen molar-refractivity contribution in [3.05, 3.63) is 58.8 Å². The lowest BCUT2D eigenvalue weighted by molar-refractivity contribution is -0.143. The minimum absolute atomic E-state index is 0.0713. The van der Waals surface area contributed by atoms with Gasteiger partial charge in [-0.3, -0.25) is 9.69 Å². The van der Waals surface area contributed by atoms with Crippen LogP contribution in [-0.4, -0.2) is 59.4 Å². The van der Waals surface area contributed by atoms with Crippen molar-refractivity contribution in [2.24, 2.45) is 0 Å². The highest BCUT2D eigenvalue weighted by Crippen LogP contribution is 2.30. The van der Waals surface area contributed by atoms with Gasteiger partial charge in [0.05, 0.1) is 18.8 Å². The van der Waals surface area contributed by atoms with Crippen molar-refractivity contribution in [3.8, 4) is 0 Å². The molecule has 35 heavy (non-hydrogen) atoms. The number of carboxylic acids is 1. The van der Waals surface area contributed by atoms with E-state index in [4.69, 9.17) is 14.5 Å². The third-order valence-corrected chi connectivity index (χ3v) is 6.83. The Morgan fingerprint density at radius 1 is 1.23 bits per heavy atom. The van der Waals surface area contributed by atoms with Gasteiger partial charge in [0, 0.05) is 31.9 Å². The summed E-state index contributed by atoms with van der Waals surface area (Å²) < 4.78 is 11.9. The molecule has 0 bridgehead atoms. The lowest BCUT2D eigenvalue weighted by Gasteiger charge is -2.26. The topological polar surface area (TPSA) is 83.9 Å². The predicted octanol–water partition coefficient (Wildman–Crippen LogP) is 4.60. The fraction of sp³-hybridized carbons (Fsp3) is 0.571. The molecule has 2 N–H and O–H groups in total. The van der Waals surface area contributed by atoms with E-state index in [1.54, 1.807) is 0 Å². The molecule has 190 valence electrons. The van der Waals surface area contributed by atoms with Crippen LogP contribution in [0.1, 0.15) is 68.0 Å². The third-order valence-electron chi connectivity index (χ3n) is 6.83. The smallest absolute Gasteiger partial charge is 0.325 e. The second-order valence-electron chi connectivity index (χ2n) is 9.87. The molecule has 1 fully saturated rings. The van der Waals surface area contributed by atoms with Gasteiger partial charge in [-0.25, -0.2) is 4.98 Å². The number of nitrogens with zero attached hydrogens (tertiary/aromatic N) is 2. The first kappa shape index (κ1) is 25.6. The van der Waals surface area contributed by atoms with Crippen LogP contribution in [0.2, 0.25) is 0 Å². The molecule has 1 saturated heterocycles. The van der Waals surface area contributed by atoms with E-state index in [1.165, 1.54) is 12.0 Å². The monoisotopic (exact) mass is 481 g/mol. The van der Waals surface area contributed by atoms with Gasteiger partial charge in [0.2, 0.25) is 0 Å². The van der Waals surface area contributed by atoms with Crippen LogP contribution < -0.4 is 5.32 Å². The molecule has 0 amide bonds. The molecule has 7 nitrogen and oxygen atoms in total. The number of nitrogens with one attached hydrogen (secondary N) is 1. The molecule has 0 unspecified atom stereocenters. The Bertz CT molecular complexity index is 980. The number of aromatic nitrogens is 1. The lowest BCUT2D eigenvalue weighted by Crippen LogP contribution is -2.34. The second kappa shape index (κ2) is 12.5. The van der Waals surface area contributed by atoms with E-state index in [2.05, 4.69) is 17.4 Å². The van der Waals surface area contributed by atoms with Gasteiger partial charge in [-0.05, 0) is 75.1 Å². The van der Waals surface area contributed by atoms with Gasteiger partial charge in [0.15, 0.2) is 0 Å². The number of anilines is 1. The highest BCUT2D eigenvalue weighted by molar-refractivity contribution is 5.76. The largest absolute Gasteiger partial charge is 0.480 e. The summed E-state index contributed by atoms with van der Waals surface area (Å²) in [6.45, 7) is 7.44. The van der Waals surface area contributed by atoms with E-state index in [0.29, 0.717) is 26.3 Å². The van der Waals surface area contributed by atoms with Gasteiger partial charge >= 0.3 is 5.97 Å². The Kier molecular flexibility index (Phi) is 9.12. The maximum Gasteiger partial charge on any atom is 0.325 e. The van der Waals surface area contributed by atoms with Gasteiger partial charge in [-0.15, -0.1) is 0 Å². The van der Waals surface area contributed by atoms with Gasteiger partial charge < -0.3 is 19.9 Å². The van der Waals surface area contributed by atoms with Crippen molar-refractivity contribution in [1.82, 2.24) is 9.88 Å². The molecule has 2 aromatic rings. The number of pyridine rings is 1. The molecular formula is C28H39N3O4. The zero-order valence-electron chi connectivity index (χ0n) is 21.0. The summed E-state index contributed by atoms with van der Waals surface area (Å²) >= 11 is 0. The van der Waals surface area contributed by atoms with Gasteiger partial charge in [0.25, 0.3) is 0 Å². The van der Waals surface area contributed by atoms with Crippen molar-refractivity contribution in [1.29, 1.82) is 0 Å². The highest BCUT2D eigenvalue weighted by Gasteiger charge is 2.35. The van der Waals surface area contributed by atoms with Crippen LogP contribution in [0.25, 0.3) is 0 Å². The number of benzene rings is 1. The SMILES string of the molecule is CC(C)OCc1ccccc1[C@@H](C(=O)O)N1CC[C@@H](OCCCCc2ccc3c(n2)NCCC3)C1. The summed E-state index contributed by atoms with van der Waals surface area (Å²) in [5, 5.41) is 13.5. The highest BCUT2D eigenvalue weighted by atomic mass is 16.5. The minimum atomic E-state index is -0.824. The Morgan fingerprint density at radius 3 is 2.91 bits per heavy atom. The zero-order valence-corrected chi connectivity index (χ0v) is 21.0. The lowest BCUT2D eigenvalue weighted by atomic mass is 9.99. The number of hydrogen-bond donors (Lipinski definition) is 2. The van der Waals surface area contributed by atoms with Crippen LogP contribution >= 0.6 is 0 Å². The van der Waals surface area contributed by atoms with E-state index in [9.17, 15) is 9.90 Å². The van der Waals surface area contributed by atoms with Crippen molar-refractivity contribution < 1.29 is 19.4 Å². The molecule has 0 aliphatic carbocycles. The Morgan fingerprint density at radius 2 is 2.09 bits per heavy atom. The van der Waals surface area contributed by atoms with Gasteiger partial charge in [0.1, 0.15) is 11.9 Å². The van der Waals surface area contributed by atoms with Crippen molar-refractivity contribution in [2.75, 3.05) is 31.6 Å². The molecule has 1 aromatic carbocycles. The molecule has 0 saturated carbocycles. The number of aliphatic carboxylic acids is 1. The second-order valence-corrected chi connectivity index (χ2v) is 9.87. The maximum atomic E-state index is 12.3. The molecular weight excluding hydrogens is 442 g/mol. The number of aryl methyl sites for hydroxylation is 2. The normalized spacial score (nSPS) is 18.9. The van der Waals surface area contributed by atoms with E-state index in [0.717, 1.165) is 61.3 Å². The van der Waals surface area contributed by atoms with Gasteiger partial charge in [-0.2, -0.15) is 0 Å². The molecule has 2 aliphatic rings. The summed E-state index contributed by atoms with van der Waals surface area (Å²) in [5.41, 5.74) is 4.20. The number of likely N-dealkylation sites (tertiary alicyclic amines) is 1. The molecule has 7 heteroatoms. The zero-order chi connectivity index (χ0) is 24.6. The summed E-state index contributed by atoms with van der Waals surface area (Å²) in [5.74, 6) is 0.232. The third kappa shape index (κ3) is 7.03.